The summed E-state index contributed by atoms with van der Waals surface area (Å²) >= 11 is 0. The Bertz CT molecular complexity index is 903. The highest BCUT2D eigenvalue weighted by atomic mass is 32.2. The first-order valence-electron chi connectivity index (χ1n) is 7.98. The van der Waals surface area contributed by atoms with Crippen LogP contribution in [0.2, 0.25) is 0 Å². The third-order valence-electron chi connectivity index (χ3n) is 4.56. The Morgan fingerprint density at radius 2 is 1.72 bits per heavy atom. The maximum absolute atomic E-state index is 13.0. The Kier molecular flexibility index (Phi) is 4.65. The fourth-order valence-electron chi connectivity index (χ4n) is 3.03. The molecule has 0 radical (unpaired) electrons. The number of hydrogen-bond acceptors (Lipinski definition) is 6. The molecule has 2 aliphatic heterocycles. The van der Waals surface area contributed by atoms with Crippen LogP contribution in [0.15, 0.2) is 23.1 Å². The molecule has 0 saturated carbocycles. The summed E-state index contributed by atoms with van der Waals surface area (Å²) in [7, 11) is -5.55. The van der Waals surface area contributed by atoms with Crippen molar-refractivity contribution in [3.63, 3.8) is 0 Å². The van der Waals surface area contributed by atoms with Crippen LogP contribution in [0.1, 0.15) is 12.0 Å². The molecule has 1 aromatic rings. The Morgan fingerprint density at radius 1 is 1.08 bits per heavy atom. The fraction of sp³-hybridized carbons (Fsp3) is 0.533. The number of sulfonamides is 2. The van der Waals surface area contributed by atoms with Gasteiger partial charge in [-0.25, -0.2) is 21.1 Å². The van der Waals surface area contributed by atoms with Gasteiger partial charge < -0.3 is 4.90 Å². The quantitative estimate of drug-likeness (QED) is 0.724. The van der Waals surface area contributed by atoms with Crippen LogP contribution in [0, 0.1) is 6.92 Å². The van der Waals surface area contributed by atoms with Gasteiger partial charge in [-0.05, 0) is 31.7 Å². The maximum Gasteiger partial charge on any atom is 0.243 e. The van der Waals surface area contributed by atoms with Crippen LogP contribution in [-0.2, 0) is 24.8 Å². The van der Waals surface area contributed by atoms with Gasteiger partial charge in [-0.3, -0.25) is 4.79 Å². The molecule has 0 unspecified atom stereocenters. The molecule has 10 heteroatoms. The second kappa shape index (κ2) is 6.35. The molecule has 0 N–H and O–H groups in total. The zero-order valence-corrected chi connectivity index (χ0v) is 15.8. The minimum atomic E-state index is -3.75. The highest BCUT2D eigenvalue weighted by Crippen LogP contribution is 2.30. The predicted molar refractivity (Wildman–Crippen MR) is 93.3 cm³/mol. The van der Waals surface area contributed by atoms with Crippen LogP contribution in [-0.4, -0.2) is 70.9 Å². The Balaban J connectivity index is 2.01. The largest absolute Gasteiger partial charge is 0.304 e. The summed E-state index contributed by atoms with van der Waals surface area (Å²) in [6, 6.07) is 4.31. The van der Waals surface area contributed by atoms with E-state index in [0.717, 1.165) is 4.31 Å². The zero-order valence-electron chi connectivity index (χ0n) is 14.2. The second-order valence-electron chi connectivity index (χ2n) is 6.38. The van der Waals surface area contributed by atoms with Crippen LogP contribution in [0.25, 0.3) is 0 Å². The highest BCUT2D eigenvalue weighted by molar-refractivity contribution is 7.94. The minimum absolute atomic E-state index is 0.0458. The van der Waals surface area contributed by atoms with E-state index in [1.165, 1.54) is 16.4 Å². The van der Waals surface area contributed by atoms with Gasteiger partial charge in [0, 0.05) is 32.6 Å². The Morgan fingerprint density at radius 3 is 2.28 bits per heavy atom. The van der Waals surface area contributed by atoms with Gasteiger partial charge in [0.15, 0.2) is 0 Å². The molecule has 25 heavy (non-hydrogen) atoms. The normalized spacial score (nSPS) is 22.5. The SMILES string of the molecule is Cc1ccc(N2C(=O)CCS2(=O)=O)cc1S(=O)(=O)N1CCN(C)CC1. The van der Waals surface area contributed by atoms with Gasteiger partial charge in [0.05, 0.1) is 16.3 Å². The molecule has 1 amide bonds. The first kappa shape index (κ1) is 18.3. The van der Waals surface area contributed by atoms with Crippen LogP contribution in [0.4, 0.5) is 5.69 Å². The molecule has 2 saturated heterocycles. The van der Waals surface area contributed by atoms with E-state index >= 15 is 0 Å². The van der Waals surface area contributed by atoms with Crippen LogP contribution in [0.3, 0.4) is 0 Å². The van der Waals surface area contributed by atoms with Crippen molar-refractivity contribution in [2.24, 2.45) is 0 Å². The predicted octanol–water partition coefficient (Wildman–Crippen LogP) is -0.00238. The van der Waals surface area contributed by atoms with Crippen LogP contribution < -0.4 is 4.31 Å². The molecular formula is C15H21N3O5S2. The third kappa shape index (κ3) is 3.31. The van der Waals surface area contributed by atoms with Crippen molar-refractivity contribution >= 4 is 31.6 Å². The van der Waals surface area contributed by atoms with Crippen LogP contribution >= 0.6 is 0 Å². The number of nitrogens with zero attached hydrogens (tertiary/aromatic N) is 3. The van der Waals surface area contributed by atoms with Gasteiger partial charge in [-0.2, -0.15) is 4.31 Å². The van der Waals surface area contributed by atoms with E-state index in [2.05, 4.69) is 0 Å². The van der Waals surface area contributed by atoms with E-state index < -0.39 is 26.0 Å². The van der Waals surface area contributed by atoms with Crippen molar-refractivity contribution in [3.8, 4) is 0 Å². The van der Waals surface area contributed by atoms with Crippen molar-refractivity contribution in [1.82, 2.24) is 9.21 Å². The molecule has 0 aliphatic carbocycles. The summed E-state index contributed by atoms with van der Waals surface area (Å²) in [4.78, 5) is 14.0. The molecule has 0 bridgehead atoms. The first-order chi connectivity index (χ1) is 11.6. The average Bonchev–Trinajstić information content (AvgIpc) is 2.82. The first-order valence-corrected chi connectivity index (χ1v) is 11.0. The van der Waals surface area contributed by atoms with E-state index in [1.807, 2.05) is 11.9 Å². The number of aryl methyl sites for hydroxylation is 1. The highest BCUT2D eigenvalue weighted by Gasteiger charge is 2.37. The monoisotopic (exact) mass is 387 g/mol. The zero-order chi connectivity index (χ0) is 18.4. The summed E-state index contributed by atoms with van der Waals surface area (Å²) in [5.74, 6) is -0.785. The summed E-state index contributed by atoms with van der Waals surface area (Å²) in [5.41, 5.74) is 0.604. The summed E-state index contributed by atoms with van der Waals surface area (Å²) < 4.78 is 52.3. The standard InChI is InChI=1S/C15H21N3O5S2/c1-12-3-4-13(18-15(19)5-10-24(18,20)21)11-14(12)25(22,23)17-8-6-16(2)7-9-17/h3-4,11H,5-10H2,1-2H3. The van der Waals surface area contributed by atoms with Crippen molar-refractivity contribution in [2.45, 2.75) is 18.2 Å². The molecule has 8 nitrogen and oxygen atoms in total. The number of piperazine rings is 1. The molecule has 0 atom stereocenters. The lowest BCUT2D eigenvalue weighted by Crippen LogP contribution is -2.47. The van der Waals surface area contributed by atoms with Gasteiger partial charge >= 0.3 is 0 Å². The Labute approximate surface area is 148 Å². The lowest BCUT2D eigenvalue weighted by atomic mass is 10.2. The number of likely N-dealkylation sites (N-methyl/N-ethyl adjacent to an activating group) is 1. The van der Waals surface area contributed by atoms with E-state index in [9.17, 15) is 21.6 Å². The van der Waals surface area contributed by atoms with E-state index in [1.54, 1.807) is 13.0 Å². The number of benzene rings is 1. The molecule has 0 spiro atoms. The maximum atomic E-state index is 13.0. The van der Waals surface area contributed by atoms with E-state index in [-0.39, 0.29) is 22.8 Å². The van der Waals surface area contributed by atoms with Crippen molar-refractivity contribution in [3.05, 3.63) is 23.8 Å². The van der Waals surface area contributed by atoms with E-state index in [0.29, 0.717) is 31.7 Å². The average molecular weight is 387 g/mol. The summed E-state index contributed by atoms with van der Waals surface area (Å²) in [6.45, 7) is 3.69. The summed E-state index contributed by atoms with van der Waals surface area (Å²) in [6.07, 6.45) is -0.0866. The number of hydrogen-bond donors (Lipinski definition) is 0. The number of carbonyl (C=O) groups is 1. The van der Waals surface area contributed by atoms with E-state index in [4.69, 9.17) is 0 Å². The molecule has 2 aliphatic rings. The van der Waals surface area contributed by atoms with Gasteiger partial charge in [0.2, 0.25) is 26.0 Å². The number of carbonyl (C=O) groups excluding carboxylic acids is 1. The number of rotatable bonds is 3. The fourth-order valence-corrected chi connectivity index (χ4v) is 6.15. The molecule has 2 fully saturated rings. The van der Waals surface area contributed by atoms with Crippen molar-refractivity contribution in [1.29, 1.82) is 0 Å². The number of amides is 1. The van der Waals surface area contributed by atoms with Crippen LogP contribution in [0.5, 0.6) is 0 Å². The number of anilines is 1. The van der Waals surface area contributed by atoms with Gasteiger partial charge in [0.25, 0.3) is 0 Å². The molecule has 0 aromatic heterocycles. The topological polar surface area (TPSA) is 95.1 Å². The van der Waals surface area contributed by atoms with Gasteiger partial charge in [-0.15, -0.1) is 0 Å². The minimum Gasteiger partial charge on any atom is -0.304 e. The summed E-state index contributed by atoms with van der Waals surface area (Å²) in [5, 5.41) is 0. The molecular weight excluding hydrogens is 366 g/mol. The smallest absolute Gasteiger partial charge is 0.243 e. The van der Waals surface area contributed by atoms with Crippen molar-refractivity contribution < 1.29 is 21.6 Å². The van der Waals surface area contributed by atoms with Gasteiger partial charge in [-0.1, -0.05) is 6.07 Å². The van der Waals surface area contributed by atoms with Gasteiger partial charge in [0.1, 0.15) is 0 Å². The molecule has 138 valence electrons. The van der Waals surface area contributed by atoms with Crippen molar-refractivity contribution in [2.75, 3.05) is 43.3 Å². The molecule has 1 aromatic carbocycles. The molecule has 2 heterocycles. The lowest BCUT2D eigenvalue weighted by molar-refractivity contribution is -0.116. The Hall–Kier alpha value is -1.49. The third-order valence-corrected chi connectivity index (χ3v) is 8.30. The second-order valence-corrected chi connectivity index (χ2v) is 10.2. The molecule has 3 rings (SSSR count). The lowest BCUT2D eigenvalue weighted by Gasteiger charge is -2.32.